The first kappa shape index (κ1) is 12.6. The van der Waals surface area contributed by atoms with Gasteiger partial charge in [-0.15, -0.1) is 0 Å². The number of nitrogens with one attached hydrogen (secondary N) is 1. The number of hydrogen-bond acceptors (Lipinski definition) is 2. The van der Waals surface area contributed by atoms with Gasteiger partial charge in [-0.25, -0.2) is 4.79 Å². The molecule has 4 nitrogen and oxygen atoms in total. The largest absolute Gasteiger partial charge is 0.393 e. The van der Waals surface area contributed by atoms with Crippen LogP contribution in [0.1, 0.15) is 44.9 Å². The molecule has 2 rings (SSSR count). The molecule has 0 aromatic rings. The van der Waals surface area contributed by atoms with Crippen molar-refractivity contribution in [2.24, 2.45) is 5.73 Å². The van der Waals surface area contributed by atoms with Gasteiger partial charge in [-0.3, -0.25) is 0 Å². The minimum absolute atomic E-state index is 0.0793. The fraction of sp³-hybridized carbons (Fsp3) is 0.833. The summed E-state index contributed by atoms with van der Waals surface area (Å²) in [6.45, 7) is 0.665. The molecular formula is C12H21N3OS. The minimum Gasteiger partial charge on any atom is -0.393 e. The van der Waals surface area contributed by atoms with Gasteiger partial charge in [-0.05, 0) is 25.7 Å². The first-order valence-electron chi connectivity index (χ1n) is 6.52. The minimum atomic E-state index is 0.0793. The van der Waals surface area contributed by atoms with Crippen LogP contribution < -0.4 is 11.1 Å². The summed E-state index contributed by atoms with van der Waals surface area (Å²) in [6, 6.07) is 0.884. The number of thiocarbonyl (C=S) groups is 1. The fourth-order valence-electron chi connectivity index (χ4n) is 2.39. The molecule has 2 amide bonds. The maximum atomic E-state index is 12.1. The Labute approximate surface area is 108 Å². The molecule has 2 fully saturated rings. The summed E-state index contributed by atoms with van der Waals surface area (Å²) >= 11 is 4.87. The van der Waals surface area contributed by atoms with E-state index in [0.29, 0.717) is 30.0 Å². The zero-order valence-corrected chi connectivity index (χ0v) is 11.0. The number of nitrogens with two attached hydrogens (primary N) is 1. The molecule has 2 saturated carbocycles. The maximum Gasteiger partial charge on any atom is 0.317 e. The Morgan fingerprint density at radius 3 is 2.47 bits per heavy atom. The Morgan fingerprint density at radius 1 is 1.29 bits per heavy atom. The predicted molar refractivity (Wildman–Crippen MR) is 71.9 cm³/mol. The normalized spacial score (nSPS) is 20.2. The molecule has 2 aliphatic rings. The van der Waals surface area contributed by atoms with E-state index < -0.39 is 0 Å². The zero-order valence-electron chi connectivity index (χ0n) is 10.2. The summed E-state index contributed by atoms with van der Waals surface area (Å²) in [5.74, 6) is 0. The SMILES string of the molecule is NC(=S)CCN(C(=O)NC1CCCC1)C1CC1. The number of carbonyl (C=O) groups is 1. The molecule has 0 heterocycles. The van der Waals surface area contributed by atoms with Crippen molar-refractivity contribution in [2.45, 2.75) is 57.0 Å². The van der Waals surface area contributed by atoms with Crippen LogP contribution in [0, 0.1) is 0 Å². The second-order valence-corrected chi connectivity index (χ2v) is 5.60. The van der Waals surface area contributed by atoms with E-state index in [2.05, 4.69) is 5.32 Å². The molecule has 2 aliphatic carbocycles. The number of hydrogen-bond donors (Lipinski definition) is 2. The summed E-state index contributed by atoms with van der Waals surface area (Å²) in [7, 11) is 0. The van der Waals surface area contributed by atoms with Crippen molar-refractivity contribution in [3.05, 3.63) is 0 Å². The third kappa shape index (κ3) is 3.84. The van der Waals surface area contributed by atoms with Gasteiger partial charge in [0.05, 0.1) is 4.99 Å². The Morgan fingerprint density at radius 2 is 1.94 bits per heavy atom. The molecule has 0 bridgehead atoms. The molecule has 0 aliphatic heterocycles. The van der Waals surface area contributed by atoms with E-state index in [9.17, 15) is 4.79 Å². The highest BCUT2D eigenvalue weighted by Crippen LogP contribution is 2.27. The molecule has 17 heavy (non-hydrogen) atoms. The Hall–Kier alpha value is -0.840. The highest BCUT2D eigenvalue weighted by Gasteiger charge is 2.33. The number of amides is 2. The summed E-state index contributed by atoms with van der Waals surface area (Å²) in [4.78, 5) is 14.5. The van der Waals surface area contributed by atoms with Crippen LogP contribution in [0.5, 0.6) is 0 Å². The molecule has 0 atom stereocenters. The van der Waals surface area contributed by atoms with Crippen LogP contribution in [0.15, 0.2) is 0 Å². The lowest BCUT2D eigenvalue weighted by Crippen LogP contribution is -2.46. The fourth-order valence-corrected chi connectivity index (χ4v) is 2.49. The number of urea groups is 1. The van der Waals surface area contributed by atoms with E-state index in [0.717, 1.165) is 25.7 Å². The zero-order chi connectivity index (χ0) is 12.3. The molecule has 0 aromatic carbocycles. The first-order chi connectivity index (χ1) is 8.16. The van der Waals surface area contributed by atoms with Crippen LogP contribution in [0.2, 0.25) is 0 Å². The highest BCUT2D eigenvalue weighted by atomic mass is 32.1. The van der Waals surface area contributed by atoms with Crippen molar-refractivity contribution in [1.29, 1.82) is 0 Å². The van der Waals surface area contributed by atoms with Crippen LogP contribution in [-0.4, -0.2) is 34.5 Å². The van der Waals surface area contributed by atoms with Crippen molar-refractivity contribution in [3.8, 4) is 0 Å². The summed E-state index contributed by atoms with van der Waals surface area (Å²) in [5, 5.41) is 3.13. The van der Waals surface area contributed by atoms with Gasteiger partial charge in [-0.1, -0.05) is 25.1 Å². The van der Waals surface area contributed by atoms with Crippen molar-refractivity contribution in [3.63, 3.8) is 0 Å². The quantitative estimate of drug-likeness (QED) is 0.736. The van der Waals surface area contributed by atoms with Crippen LogP contribution in [0.4, 0.5) is 4.79 Å². The van der Waals surface area contributed by atoms with E-state index in [4.69, 9.17) is 18.0 Å². The predicted octanol–water partition coefficient (Wildman–Crippen LogP) is 1.78. The van der Waals surface area contributed by atoms with Gasteiger partial charge < -0.3 is 16.0 Å². The van der Waals surface area contributed by atoms with Gasteiger partial charge in [0.2, 0.25) is 0 Å². The summed E-state index contributed by atoms with van der Waals surface area (Å²) in [6.07, 6.45) is 7.59. The lowest BCUT2D eigenvalue weighted by molar-refractivity contribution is 0.192. The third-order valence-electron chi connectivity index (χ3n) is 3.53. The van der Waals surface area contributed by atoms with Crippen LogP contribution >= 0.6 is 12.2 Å². The lowest BCUT2D eigenvalue weighted by Gasteiger charge is -2.24. The first-order valence-corrected chi connectivity index (χ1v) is 6.93. The standard InChI is InChI=1S/C12H21N3OS/c13-11(17)7-8-15(10-5-6-10)12(16)14-9-3-1-2-4-9/h9-10H,1-8H2,(H2,13,17)(H,14,16). The van der Waals surface area contributed by atoms with E-state index in [1.165, 1.54) is 12.8 Å². The van der Waals surface area contributed by atoms with E-state index in [-0.39, 0.29) is 6.03 Å². The van der Waals surface area contributed by atoms with Crippen molar-refractivity contribution < 1.29 is 4.79 Å². The number of nitrogens with zero attached hydrogens (tertiary/aromatic N) is 1. The second-order valence-electron chi connectivity index (χ2n) is 5.07. The Bertz CT molecular complexity index is 298. The molecular weight excluding hydrogens is 234 g/mol. The van der Waals surface area contributed by atoms with Crippen molar-refractivity contribution in [1.82, 2.24) is 10.2 Å². The molecule has 5 heteroatoms. The summed E-state index contributed by atoms with van der Waals surface area (Å²) in [5.41, 5.74) is 5.50. The van der Waals surface area contributed by atoms with E-state index in [1.54, 1.807) is 0 Å². The molecule has 0 saturated heterocycles. The Balaban J connectivity index is 1.81. The smallest absolute Gasteiger partial charge is 0.317 e. The van der Waals surface area contributed by atoms with Gasteiger partial charge in [0.25, 0.3) is 0 Å². The van der Waals surface area contributed by atoms with Gasteiger partial charge in [-0.2, -0.15) is 0 Å². The van der Waals surface area contributed by atoms with Crippen LogP contribution in [0.3, 0.4) is 0 Å². The molecule has 0 spiro atoms. The maximum absolute atomic E-state index is 12.1. The van der Waals surface area contributed by atoms with Gasteiger partial charge >= 0.3 is 6.03 Å². The van der Waals surface area contributed by atoms with E-state index >= 15 is 0 Å². The van der Waals surface area contributed by atoms with E-state index in [1.807, 2.05) is 4.90 Å². The average molecular weight is 255 g/mol. The average Bonchev–Trinajstić information content (AvgIpc) is 2.97. The molecule has 0 aromatic heterocycles. The third-order valence-corrected chi connectivity index (χ3v) is 3.73. The number of carbonyl (C=O) groups excluding carboxylic acids is 1. The molecule has 0 unspecified atom stereocenters. The molecule has 0 radical (unpaired) electrons. The van der Waals surface area contributed by atoms with Crippen LogP contribution in [-0.2, 0) is 0 Å². The Kier molecular flexibility index (Phi) is 4.20. The molecule has 3 N–H and O–H groups in total. The lowest BCUT2D eigenvalue weighted by atomic mass is 10.2. The second kappa shape index (κ2) is 5.67. The van der Waals surface area contributed by atoms with Crippen molar-refractivity contribution >= 4 is 23.2 Å². The van der Waals surface area contributed by atoms with Gasteiger partial charge in [0.15, 0.2) is 0 Å². The highest BCUT2D eigenvalue weighted by molar-refractivity contribution is 7.80. The number of rotatable bonds is 5. The van der Waals surface area contributed by atoms with Gasteiger partial charge in [0, 0.05) is 25.0 Å². The van der Waals surface area contributed by atoms with Gasteiger partial charge in [0.1, 0.15) is 0 Å². The van der Waals surface area contributed by atoms with Crippen molar-refractivity contribution in [2.75, 3.05) is 6.54 Å². The van der Waals surface area contributed by atoms with Crippen LogP contribution in [0.25, 0.3) is 0 Å². The molecule has 96 valence electrons. The monoisotopic (exact) mass is 255 g/mol. The topological polar surface area (TPSA) is 58.4 Å². The summed E-state index contributed by atoms with van der Waals surface area (Å²) < 4.78 is 0.